The molecular weight excluding hydrogens is 375 g/mol. The van der Waals surface area contributed by atoms with Crippen molar-refractivity contribution in [2.75, 3.05) is 0 Å². The maximum Gasteiger partial charge on any atom is 0.281 e. The van der Waals surface area contributed by atoms with E-state index in [9.17, 15) is 26.7 Å². The first-order valence-corrected chi connectivity index (χ1v) is 8.57. The van der Waals surface area contributed by atoms with Gasteiger partial charge in [-0.3, -0.25) is 4.79 Å². The summed E-state index contributed by atoms with van der Waals surface area (Å²) in [5.74, 6) is -10.5. The standard InChI is InChI=1S/C17H13F5N2OS/c1-7-2-3-10-8(4-7)5-11(26-10)17(25)24-23-6-9-12(18)14(20)16(22)15(21)13(9)19/h5-7H,2-4H2,1H3,(H,24,25)/b23-6+. The zero-order valence-electron chi connectivity index (χ0n) is 13.5. The molecule has 1 aromatic heterocycles. The zero-order valence-corrected chi connectivity index (χ0v) is 14.3. The lowest BCUT2D eigenvalue weighted by Gasteiger charge is -2.16. The van der Waals surface area contributed by atoms with E-state index in [1.165, 1.54) is 11.3 Å². The Bertz CT molecular complexity index is 880. The lowest BCUT2D eigenvalue weighted by molar-refractivity contribution is 0.0959. The number of nitrogens with zero attached hydrogens (tertiary/aromatic N) is 1. The Morgan fingerprint density at radius 1 is 1.15 bits per heavy atom. The van der Waals surface area contributed by atoms with Crippen molar-refractivity contribution in [2.24, 2.45) is 11.0 Å². The van der Waals surface area contributed by atoms with Crippen molar-refractivity contribution in [3.63, 3.8) is 0 Å². The average molecular weight is 388 g/mol. The van der Waals surface area contributed by atoms with Crippen LogP contribution in [0.15, 0.2) is 11.2 Å². The maximum absolute atomic E-state index is 13.5. The van der Waals surface area contributed by atoms with E-state index in [1.54, 1.807) is 6.07 Å². The van der Waals surface area contributed by atoms with Crippen LogP contribution in [-0.4, -0.2) is 12.1 Å². The van der Waals surface area contributed by atoms with E-state index < -0.39 is 40.6 Å². The zero-order chi connectivity index (χ0) is 19.0. The predicted molar refractivity (Wildman–Crippen MR) is 86.8 cm³/mol. The number of hydrogen-bond donors (Lipinski definition) is 1. The molecule has 1 aliphatic rings. The Morgan fingerprint density at radius 3 is 2.42 bits per heavy atom. The summed E-state index contributed by atoms with van der Waals surface area (Å²) in [6, 6.07) is 1.74. The van der Waals surface area contributed by atoms with Crippen LogP contribution >= 0.6 is 11.3 Å². The van der Waals surface area contributed by atoms with Gasteiger partial charge in [-0.25, -0.2) is 27.4 Å². The van der Waals surface area contributed by atoms with E-state index in [0.717, 1.165) is 29.7 Å². The molecule has 0 radical (unpaired) electrons. The largest absolute Gasteiger partial charge is 0.281 e. The van der Waals surface area contributed by atoms with Gasteiger partial charge in [0.05, 0.1) is 16.7 Å². The molecule has 3 nitrogen and oxygen atoms in total. The van der Waals surface area contributed by atoms with Gasteiger partial charge in [0, 0.05) is 4.88 Å². The van der Waals surface area contributed by atoms with Crippen molar-refractivity contribution in [1.82, 2.24) is 5.43 Å². The summed E-state index contributed by atoms with van der Waals surface area (Å²) in [6.07, 6.45) is 3.17. The highest BCUT2D eigenvalue weighted by atomic mass is 32.1. The summed E-state index contributed by atoms with van der Waals surface area (Å²) in [5, 5.41) is 3.32. The molecule has 1 N–H and O–H groups in total. The fourth-order valence-electron chi connectivity index (χ4n) is 2.76. The van der Waals surface area contributed by atoms with Crippen LogP contribution in [0.3, 0.4) is 0 Å². The Morgan fingerprint density at radius 2 is 1.77 bits per heavy atom. The van der Waals surface area contributed by atoms with Crippen LogP contribution in [-0.2, 0) is 12.8 Å². The highest BCUT2D eigenvalue weighted by Gasteiger charge is 2.25. The van der Waals surface area contributed by atoms with E-state index >= 15 is 0 Å². The molecule has 0 saturated heterocycles. The number of halogens is 5. The summed E-state index contributed by atoms with van der Waals surface area (Å²) < 4.78 is 66.2. The van der Waals surface area contributed by atoms with Gasteiger partial charge in [-0.05, 0) is 36.8 Å². The van der Waals surface area contributed by atoms with E-state index in [2.05, 4.69) is 12.0 Å². The third-order valence-electron chi connectivity index (χ3n) is 4.16. The van der Waals surface area contributed by atoms with Gasteiger partial charge in [-0.1, -0.05) is 6.92 Å². The number of benzene rings is 1. The highest BCUT2D eigenvalue weighted by Crippen LogP contribution is 2.32. The summed E-state index contributed by atoms with van der Waals surface area (Å²) >= 11 is 1.30. The summed E-state index contributed by atoms with van der Waals surface area (Å²) in [7, 11) is 0. The van der Waals surface area contributed by atoms with Gasteiger partial charge in [-0.15, -0.1) is 11.3 Å². The second kappa shape index (κ2) is 7.14. The second-order valence-electron chi connectivity index (χ2n) is 6.09. The van der Waals surface area contributed by atoms with Crippen LogP contribution in [0.5, 0.6) is 0 Å². The molecule has 138 valence electrons. The van der Waals surface area contributed by atoms with E-state index in [0.29, 0.717) is 17.0 Å². The minimum Gasteiger partial charge on any atom is -0.266 e. The van der Waals surface area contributed by atoms with Crippen molar-refractivity contribution in [2.45, 2.75) is 26.2 Å². The molecule has 0 saturated carbocycles. The Hall–Kier alpha value is -2.29. The number of thiophene rings is 1. The number of aryl methyl sites for hydroxylation is 1. The van der Waals surface area contributed by atoms with Crippen molar-refractivity contribution < 1.29 is 26.7 Å². The summed E-state index contributed by atoms with van der Waals surface area (Å²) in [4.78, 5) is 13.6. The van der Waals surface area contributed by atoms with Gasteiger partial charge in [0.2, 0.25) is 5.82 Å². The van der Waals surface area contributed by atoms with E-state index in [4.69, 9.17) is 0 Å². The lowest BCUT2D eigenvalue weighted by atomic mass is 9.90. The smallest absolute Gasteiger partial charge is 0.266 e. The molecule has 2 aromatic rings. The van der Waals surface area contributed by atoms with Crippen molar-refractivity contribution in [1.29, 1.82) is 0 Å². The van der Waals surface area contributed by atoms with Crippen molar-refractivity contribution in [3.8, 4) is 0 Å². The molecular formula is C17H13F5N2OS. The Balaban J connectivity index is 1.77. The van der Waals surface area contributed by atoms with Gasteiger partial charge < -0.3 is 0 Å². The van der Waals surface area contributed by atoms with Gasteiger partial charge >= 0.3 is 0 Å². The predicted octanol–water partition coefficient (Wildman–Crippen LogP) is 4.33. The molecule has 0 aliphatic heterocycles. The Kier molecular flexibility index (Phi) is 5.08. The third-order valence-corrected chi connectivity index (χ3v) is 5.39. The first-order chi connectivity index (χ1) is 12.3. The first-order valence-electron chi connectivity index (χ1n) is 7.76. The van der Waals surface area contributed by atoms with Crippen LogP contribution in [0.25, 0.3) is 0 Å². The number of nitrogens with one attached hydrogen (secondary N) is 1. The topological polar surface area (TPSA) is 41.5 Å². The first kappa shape index (κ1) is 18.5. The quantitative estimate of drug-likeness (QED) is 0.275. The third kappa shape index (κ3) is 3.35. The number of rotatable bonds is 3. The van der Waals surface area contributed by atoms with Crippen LogP contribution in [0.1, 0.15) is 39.0 Å². The number of hydrogen-bond acceptors (Lipinski definition) is 3. The number of fused-ring (bicyclic) bond motifs is 1. The molecule has 0 spiro atoms. The van der Waals surface area contributed by atoms with Crippen molar-refractivity contribution >= 4 is 23.5 Å². The molecule has 1 unspecified atom stereocenters. The molecule has 9 heteroatoms. The highest BCUT2D eigenvalue weighted by molar-refractivity contribution is 7.14. The summed E-state index contributed by atoms with van der Waals surface area (Å²) in [6.45, 7) is 2.12. The van der Waals surface area contributed by atoms with Crippen LogP contribution in [0.2, 0.25) is 0 Å². The molecule has 1 atom stereocenters. The van der Waals surface area contributed by atoms with Gasteiger partial charge in [0.1, 0.15) is 0 Å². The minimum atomic E-state index is -2.25. The normalized spacial score (nSPS) is 16.8. The molecule has 0 fully saturated rings. The summed E-state index contributed by atoms with van der Waals surface area (Å²) in [5.41, 5.74) is 1.91. The molecule has 3 rings (SSSR count). The molecule has 1 amide bonds. The fourth-order valence-corrected chi connectivity index (χ4v) is 3.86. The molecule has 1 aliphatic carbocycles. The van der Waals surface area contributed by atoms with Gasteiger partial charge in [0.15, 0.2) is 23.3 Å². The number of amides is 1. The molecule has 26 heavy (non-hydrogen) atoms. The maximum atomic E-state index is 13.5. The molecule has 1 aromatic carbocycles. The fraction of sp³-hybridized carbons (Fsp3) is 0.294. The number of hydrazone groups is 1. The van der Waals surface area contributed by atoms with Crippen molar-refractivity contribution in [3.05, 3.63) is 56.0 Å². The monoisotopic (exact) mass is 388 g/mol. The average Bonchev–Trinajstić information content (AvgIpc) is 3.04. The van der Waals surface area contributed by atoms with Crippen LogP contribution in [0, 0.1) is 35.0 Å². The van der Waals surface area contributed by atoms with Gasteiger partial charge in [0.25, 0.3) is 5.91 Å². The van der Waals surface area contributed by atoms with Gasteiger partial charge in [-0.2, -0.15) is 5.10 Å². The lowest BCUT2D eigenvalue weighted by Crippen LogP contribution is -2.17. The minimum absolute atomic E-state index is 0.374. The number of carbonyl (C=O) groups is 1. The molecule has 0 bridgehead atoms. The second-order valence-corrected chi connectivity index (χ2v) is 7.23. The number of carbonyl (C=O) groups excluding carboxylic acids is 1. The van der Waals surface area contributed by atoms with E-state index in [1.807, 2.05) is 5.43 Å². The van der Waals surface area contributed by atoms with E-state index in [-0.39, 0.29) is 0 Å². The SMILES string of the molecule is CC1CCc2sc(C(=O)N/N=C/c3c(F)c(F)c(F)c(F)c3F)cc2C1. The molecule has 1 heterocycles. The van der Waals surface area contributed by atoms with Crippen LogP contribution in [0.4, 0.5) is 22.0 Å². The Labute approximate surface area is 149 Å². The van der Waals surface area contributed by atoms with Crippen LogP contribution < -0.4 is 5.43 Å².